The fraction of sp³-hybridized carbons (Fsp3) is 0.579. The number of halogens is 1. The fourth-order valence-corrected chi connectivity index (χ4v) is 3.98. The lowest BCUT2D eigenvalue weighted by Gasteiger charge is -2.20. The number of hydrogen-bond donors (Lipinski definition) is 1. The van der Waals surface area contributed by atoms with Gasteiger partial charge in [0, 0.05) is 20.1 Å². The first-order valence-electron chi connectivity index (χ1n) is 9.36. The number of carbonyl (C=O) groups is 2. The lowest BCUT2D eigenvalue weighted by molar-refractivity contribution is -0.129. The van der Waals surface area contributed by atoms with Crippen LogP contribution in [0.1, 0.15) is 55.8 Å². The van der Waals surface area contributed by atoms with Crippen LogP contribution >= 0.6 is 0 Å². The molecule has 0 saturated heterocycles. The first-order valence-corrected chi connectivity index (χ1v) is 10.8. The third-order valence-electron chi connectivity index (χ3n) is 4.79. The number of rotatable bonds is 6. The molecule has 1 saturated carbocycles. The highest BCUT2D eigenvalue weighted by atomic mass is 32.2. The Hall–Kier alpha value is -2.00. The predicted molar refractivity (Wildman–Crippen MR) is 102 cm³/mol. The Morgan fingerprint density at radius 3 is 2.36 bits per heavy atom. The second-order valence-electron chi connectivity index (χ2n) is 7.17. The molecule has 0 aliphatic heterocycles. The van der Waals surface area contributed by atoms with Gasteiger partial charge in [-0.3, -0.25) is 4.79 Å². The van der Waals surface area contributed by atoms with E-state index in [0.717, 1.165) is 61.0 Å². The van der Waals surface area contributed by atoms with E-state index >= 15 is 0 Å². The normalized spacial score (nSPS) is 17.0. The Labute approximate surface area is 165 Å². The van der Waals surface area contributed by atoms with E-state index in [1.807, 2.05) is 0 Å². The van der Waals surface area contributed by atoms with Gasteiger partial charge in [0.2, 0.25) is 10.0 Å². The number of nitrogens with one attached hydrogen (secondary N) is 1. The molecule has 0 bridgehead atoms. The zero-order valence-electron chi connectivity index (χ0n) is 16.4. The van der Waals surface area contributed by atoms with Crippen molar-refractivity contribution in [3.63, 3.8) is 0 Å². The van der Waals surface area contributed by atoms with Crippen LogP contribution < -0.4 is 5.32 Å². The molecule has 1 aromatic carbocycles. The summed E-state index contributed by atoms with van der Waals surface area (Å²) in [6.45, 7) is 1.41. The molecule has 0 heterocycles. The SMILES string of the molecule is C[C@H](OC(=O)c1cc(S(=O)(=O)N(C)C)ccc1F)C(=O)NC1CCCCCC1. The number of carbonyl (C=O) groups excluding carboxylic acids is 2. The Morgan fingerprint density at radius 1 is 1.18 bits per heavy atom. The second-order valence-corrected chi connectivity index (χ2v) is 9.33. The topological polar surface area (TPSA) is 92.8 Å². The quantitative estimate of drug-likeness (QED) is 0.570. The maximum atomic E-state index is 14.1. The second kappa shape index (κ2) is 9.47. The van der Waals surface area contributed by atoms with Crippen LogP contribution in [0, 0.1) is 5.82 Å². The van der Waals surface area contributed by atoms with Crippen molar-refractivity contribution >= 4 is 21.9 Å². The van der Waals surface area contributed by atoms with Crippen molar-refractivity contribution in [1.29, 1.82) is 0 Å². The molecular weight excluding hydrogens is 387 g/mol. The van der Waals surface area contributed by atoms with Crippen molar-refractivity contribution in [2.75, 3.05) is 14.1 Å². The average Bonchev–Trinajstić information content (AvgIpc) is 2.90. The maximum absolute atomic E-state index is 14.1. The van der Waals surface area contributed by atoms with Crippen molar-refractivity contribution in [2.45, 2.75) is 62.5 Å². The van der Waals surface area contributed by atoms with Crippen LogP contribution in [-0.2, 0) is 19.6 Å². The van der Waals surface area contributed by atoms with Crippen molar-refractivity contribution in [2.24, 2.45) is 0 Å². The third-order valence-corrected chi connectivity index (χ3v) is 6.60. The minimum Gasteiger partial charge on any atom is -0.449 e. The summed E-state index contributed by atoms with van der Waals surface area (Å²) in [7, 11) is -1.18. The molecule has 2 rings (SSSR count). The number of esters is 1. The minimum absolute atomic E-state index is 0.0430. The molecule has 1 aliphatic carbocycles. The highest BCUT2D eigenvalue weighted by Crippen LogP contribution is 2.20. The predicted octanol–water partition coefficient (Wildman–Crippen LogP) is 2.46. The van der Waals surface area contributed by atoms with E-state index in [1.54, 1.807) is 0 Å². The fourth-order valence-electron chi connectivity index (χ4n) is 3.05. The van der Waals surface area contributed by atoms with E-state index in [1.165, 1.54) is 21.0 Å². The summed E-state index contributed by atoms with van der Waals surface area (Å²) in [6.07, 6.45) is 5.00. The molecular formula is C19H27FN2O5S. The van der Waals surface area contributed by atoms with Crippen LogP contribution in [0.15, 0.2) is 23.1 Å². The summed E-state index contributed by atoms with van der Waals surface area (Å²) in [5.74, 6) is -2.45. The van der Waals surface area contributed by atoms with Crippen molar-refractivity contribution < 1.29 is 27.1 Å². The maximum Gasteiger partial charge on any atom is 0.341 e. The molecule has 1 atom stereocenters. The third kappa shape index (κ3) is 5.51. The van der Waals surface area contributed by atoms with Crippen LogP contribution in [-0.4, -0.2) is 50.8 Å². The number of amides is 1. The molecule has 0 spiro atoms. The Kier molecular flexibility index (Phi) is 7.54. The zero-order chi connectivity index (χ0) is 20.9. The Morgan fingerprint density at radius 2 is 1.79 bits per heavy atom. The number of sulfonamides is 1. The van der Waals surface area contributed by atoms with Gasteiger partial charge in [0.05, 0.1) is 10.5 Å². The van der Waals surface area contributed by atoms with Crippen LogP contribution in [0.3, 0.4) is 0 Å². The van der Waals surface area contributed by atoms with Gasteiger partial charge in [-0.1, -0.05) is 25.7 Å². The molecule has 1 amide bonds. The molecule has 156 valence electrons. The number of ether oxygens (including phenoxy) is 1. The number of benzene rings is 1. The van der Waals surface area contributed by atoms with Gasteiger partial charge in [0.15, 0.2) is 6.10 Å². The van der Waals surface area contributed by atoms with Gasteiger partial charge in [0.25, 0.3) is 5.91 Å². The smallest absolute Gasteiger partial charge is 0.341 e. The van der Waals surface area contributed by atoms with E-state index in [9.17, 15) is 22.4 Å². The van der Waals surface area contributed by atoms with Crippen molar-refractivity contribution in [3.05, 3.63) is 29.6 Å². The first-order chi connectivity index (χ1) is 13.1. The largest absolute Gasteiger partial charge is 0.449 e. The van der Waals surface area contributed by atoms with E-state index < -0.39 is 39.4 Å². The average molecular weight is 414 g/mol. The molecule has 1 fully saturated rings. The van der Waals surface area contributed by atoms with E-state index in [0.29, 0.717) is 0 Å². The molecule has 0 aromatic heterocycles. The summed E-state index contributed by atoms with van der Waals surface area (Å²) < 4.78 is 44.5. The lowest BCUT2D eigenvalue weighted by Crippen LogP contribution is -2.42. The van der Waals surface area contributed by atoms with Gasteiger partial charge >= 0.3 is 5.97 Å². The Balaban J connectivity index is 2.08. The van der Waals surface area contributed by atoms with E-state index in [2.05, 4.69) is 5.32 Å². The molecule has 1 aromatic rings. The number of hydrogen-bond acceptors (Lipinski definition) is 5. The Bertz CT molecular complexity index is 818. The van der Waals surface area contributed by atoms with Crippen LogP contribution in [0.25, 0.3) is 0 Å². The van der Waals surface area contributed by atoms with E-state index in [-0.39, 0.29) is 10.9 Å². The summed E-state index contributed by atoms with van der Waals surface area (Å²) in [5, 5.41) is 2.87. The molecule has 0 unspecified atom stereocenters. The summed E-state index contributed by atoms with van der Waals surface area (Å²) in [6, 6.07) is 2.93. The summed E-state index contributed by atoms with van der Waals surface area (Å²) in [4.78, 5) is 24.4. The molecule has 7 nitrogen and oxygen atoms in total. The van der Waals surface area contributed by atoms with Gasteiger partial charge in [-0.05, 0) is 38.0 Å². The molecule has 1 aliphatic rings. The standard InChI is InChI=1S/C19H27FN2O5S/c1-13(18(23)21-14-8-6-4-5-7-9-14)27-19(24)16-12-15(10-11-17(16)20)28(25,26)22(2)3/h10-14H,4-9H2,1-3H3,(H,21,23)/t13-/m0/s1. The highest BCUT2D eigenvalue weighted by molar-refractivity contribution is 7.89. The van der Waals surface area contributed by atoms with Crippen molar-refractivity contribution in [3.8, 4) is 0 Å². The highest BCUT2D eigenvalue weighted by Gasteiger charge is 2.26. The monoisotopic (exact) mass is 414 g/mol. The molecule has 28 heavy (non-hydrogen) atoms. The van der Waals surface area contributed by atoms with Gasteiger partial charge in [0.1, 0.15) is 5.82 Å². The van der Waals surface area contributed by atoms with Gasteiger partial charge in [-0.15, -0.1) is 0 Å². The first kappa shape index (κ1) is 22.3. The van der Waals surface area contributed by atoms with Crippen LogP contribution in [0.4, 0.5) is 4.39 Å². The van der Waals surface area contributed by atoms with Crippen LogP contribution in [0.5, 0.6) is 0 Å². The van der Waals surface area contributed by atoms with Gasteiger partial charge < -0.3 is 10.1 Å². The molecule has 0 radical (unpaired) electrons. The zero-order valence-corrected chi connectivity index (χ0v) is 17.2. The van der Waals surface area contributed by atoms with Gasteiger partial charge in [-0.2, -0.15) is 0 Å². The molecule has 1 N–H and O–H groups in total. The minimum atomic E-state index is -3.84. The van der Waals surface area contributed by atoms with Crippen LogP contribution in [0.2, 0.25) is 0 Å². The molecule has 9 heteroatoms. The van der Waals surface area contributed by atoms with Gasteiger partial charge in [-0.25, -0.2) is 21.9 Å². The van der Waals surface area contributed by atoms with E-state index in [4.69, 9.17) is 4.74 Å². The summed E-state index contributed by atoms with van der Waals surface area (Å²) >= 11 is 0. The van der Waals surface area contributed by atoms with Crippen molar-refractivity contribution in [1.82, 2.24) is 9.62 Å². The number of nitrogens with zero attached hydrogens (tertiary/aromatic N) is 1. The summed E-state index contributed by atoms with van der Waals surface area (Å²) in [5.41, 5.74) is -0.531. The lowest BCUT2D eigenvalue weighted by atomic mass is 10.1.